The van der Waals surface area contributed by atoms with Crippen LogP contribution in [0.3, 0.4) is 0 Å². The molecular weight excluding hydrogens is 188 g/mol. The van der Waals surface area contributed by atoms with Crippen LogP contribution in [0.2, 0.25) is 0 Å². The first kappa shape index (κ1) is 11.7. The molecule has 0 aliphatic carbocycles. The largest absolute Gasteiger partial charge is 0.311 e. The average molecular weight is 206 g/mol. The standard InChI is InChI=1S/C12H18N2O/c1-8(2)5-12(15)14-11-7-9(3)6-10(4)13-11/h6-8H,5H2,1-4H3,(H,13,14,15). The molecule has 3 nitrogen and oxygen atoms in total. The third-order valence-corrected chi connectivity index (χ3v) is 1.96. The number of pyridine rings is 1. The smallest absolute Gasteiger partial charge is 0.225 e. The van der Waals surface area contributed by atoms with E-state index < -0.39 is 0 Å². The lowest BCUT2D eigenvalue weighted by Gasteiger charge is -2.07. The van der Waals surface area contributed by atoms with E-state index >= 15 is 0 Å². The molecule has 1 N–H and O–H groups in total. The van der Waals surface area contributed by atoms with Crippen molar-refractivity contribution in [2.75, 3.05) is 5.32 Å². The van der Waals surface area contributed by atoms with E-state index in [1.54, 1.807) is 0 Å². The zero-order valence-electron chi connectivity index (χ0n) is 9.79. The van der Waals surface area contributed by atoms with Gasteiger partial charge in [-0.25, -0.2) is 4.98 Å². The highest BCUT2D eigenvalue weighted by Crippen LogP contribution is 2.10. The summed E-state index contributed by atoms with van der Waals surface area (Å²) in [5.74, 6) is 1.05. The molecule has 1 amide bonds. The van der Waals surface area contributed by atoms with Crippen molar-refractivity contribution in [1.29, 1.82) is 0 Å². The van der Waals surface area contributed by atoms with Gasteiger partial charge in [0.1, 0.15) is 5.82 Å². The number of aryl methyl sites for hydroxylation is 2. The van der Waals surface area contributed by atoms with E-state index in [9.17, 15) is 4.79 Å². The van der Waals surface area contributed by atoms with Gasteiger partial charge in [-0.2, -0.15) is 0 Å². The maximum absolute atomic E-state index is 11.5. The fraction of sp³-hybridized carbons (Fsp3) is 0.500. The molecule has 0 fully saturated rings. The van der Waals surface area contributed by atoms with Crippen LogP contribution in [0.15, 0.2) is 12.1 Å². The molecule has 1 rings (SSSR count). The van der Waals surface area contributed by atoms with Gasteiger partial charge in [-0.15, -0.1) is 0 Å². The lowest BCUT2D eigenvalue weighted by Crippen LogP contribution is -2.15. The van der Waals surface area contributed by atoms with E-state index in [4.69, 9.17) is 0 Å². The molecule has 1 aromatic heterocycles. The zero-order valence-corrected chi connectivity index (χ0v) is 9.79. The number of nitrogens with zero attached hydrogens (tertiary/aromatic N) is 1. The molecule has 1 aromatic rings. The average Bonchev–Trinajstić information content (AvgIpc) is 1.98. The Morgan fingerprint density at radius 3 is 2.60 bits per heavy atom. The molecule has 82 valence electrons. The van der Waals surface area contributed by atoms with Crippen LogP contribution in [-0.2, 0) is 4.79 Å². The van der Waals surface area contributed by atoms with Crippen molar-refractivity contribution in [1.82, 2.24) is 4.98 Å². The molecule has 15 heavy (non-hydrogen) atoms. The summed E-state index contributed by atoms with van der Waals surface area (Å²) in [6, 6.07) is 3.86. The van der Waals surface area contributed by atoms with E-state index in [1.165, 1.54) is 0 Å². The summed E-state index contributed by atoms with van der Waals surface area (Å²) in [5.41, 5.74) is 2.04. The lowest BCUT2D eigenvalue weighted by atomic mass is 10.1. The first-order chi connectivity index (χ1) is 6.97. The predicted molar refractivity (Wildman–Crippen MR) is 61.8 cm³/mol. The van der Waals surface area contributed by atoms with Crippen molar-refractivity contribution < 1.29 is 4.79 Å². The second kappa shape index (κ2) is 4.91. The molecule has 0 saturated heterocycles. The minimum Gasteiger partial charge on any atom is -0.311 e. The van der Waals surface area contributed by atoms with Gasteiger partial charge in [0.25, 0.3) is 0 Å². The van der Waals surface area contributed by atoms with Gasteiger partial charge in [0, 0.05) is 12.1 Å². The molecular formula is C12H18N2O. The van der Waals surface area contributed by atoms with Crippen molar-refractivity contribution in [3.63, 3.8) is 0 Å². The van der Waals surface area contributed by atoms with E-state index in [0.29, 0.717) is 18.2 Å². The number of carbonyl (C=O) groups is 1. The van der Waals surface area contributed by atoms with E-state index in [2.05, 4.69) is 10.3 Å². The second-order valence-electron chi connectivity index (χ2n) is 4.32. The Hall–Kier alpha value is -1.38. The fourth-order valence-electron chi connectivity index (χ4n) is 1.47. The number of amides is 1. The molecule has 0 aliphatic heterocycles. The van der Waals surface area contributed by atoms with Crippen LogP contribution in [-0.4, -0.2) is 10.9 Å². The summed E-state index contributed by atoms with van der Waals surface area (Å²) < 4.78 is 0. The summed E-state index contributed by atoms with van der Waals surface area (Å²) in [6.45, 7) is 7.96. The number of hydrogen-bond donors (Lipinski definition) is 1. The maximum atomic E-state index is 11.5. The number of hydrogen-bond acceptors (Lipinski definition) is 2. The molecule has 0 spiro atoms. The normalized spacial score (nSPS) is 10.5. The summed E-state index contributed by atoms with van der Waals surface area (Å²) >= 11 is 0. The molecule has 3 heteroatoms. The topological polar surface area (TPSA) is 42.0 Å². The SMILES string of the molecule is Cc1cc(C)nc(NC(=O)CC(C)C)c1. The van der Waals surface area contributed by atoms with Crippen LogP contribution in [0.5, 0.6) is 0 Å². The minimum atomic E-state index is 0.0301. The summed E-state index contributed by atoms with van der Waals surface area (Å²) in [4.78, 5) is 15.7. The Morgan fingerprint density at radius 1 is 1.40 bits per heavy atom. The number of aromatic nitrogens is 1. The van der Waals surface area contributed by atoms with Gasteiger partial charge < -0.3 is 5.32 Å². The van der Waals surface area contributed by atoms with Gasteiger partial charge >= 0.3 is 0 Å². The van der Waals surface area contributed by atoms with Crippen LogP contribution in [0.25, 0.3) is 0 Å². The van der Waals surface area contributed by atoms with E-state index in [0.717, 1.165) is 11.3 Å². The molecule has 0 aliphatic rings. The highest BCUT2D eigenvalue weighted by Gasteiger charge is 2.06. The molecule has 0 bridgehead atoms. The molecule has 0 atom stereocenters. The number of carbonyl (C=O) groups excluding carboxylic acids is 1. The predicted octanol–water partition coefficient (Wildman–Crippen LogP) is 2.68. The fourth-order valence-corrected chi connectivity index (χ4v) is 1.47. The number of rotatable bonds is 3. The first-order valence-corrected chi connectivity index (χ1v) is 5.22. The van der Waals surface area contributed by atoms with Gasteiger partial charge in [-0.05, 0) is 37.5 Å². The van der Waals surface area contributed by atoms with Gasteiger partial charge in [-0.3, -0.25) is 4.79 Å². The summed E-state index contributed by atoms with van der Waals surface area (Å²) in [6.07, 6.45) is 0.536. The Morgan fingerprint density at radius 2 is 2.07 bits per heavy atom. The Kier molecular flexibility index (Phi) is 3.83. The van der Waals surface area contributed by atoms with E-state index in [1.807, 2.05) is 39.8 Å². The summed E-state index contributed by atoms with van der Waals surface area (Å²) in [5, 5.41) is 2.80. The van der Waals surface area contributed by atoms with Crippen LogP contribution in [0, 0.1) is 19.8 Å². The summed E-state index contributed by atoms with van der Waals surface area (Å²) in [7, 11) is 0. The Balaban J connectivity index is 2.68. The van der Waals surface area contributed by atoms with Crippen molar-refractivity contribution in [3.8, 4) is 0 Å². The minimum absolute atomic E-state index is 0.0301. The van der Waals surface area contributed by atoms with Crippen LogP contribution >= 0.6 is 0 Å². The van der Waals surface area contributed by atoms with Gasteiger partial charge in [0.05, 0.1) is 0 Å². The Bertz CT molecular complexity index is 338. The first-order valence-electron chi connectivity index (χ1n) is 5.22. The lowest BCUT2D eigenvalue weighted by molar-refractivity contribution is -0.116. The van der Waals surface area contributed by atoms with Crippen molar-refractivity contribution >= 4 is 11.7 Å². The molecule has 0 aromatic carbocycles. The number of nitrogens with one attached hydrogen (secondary N) is 1. The van der Waals surface area contributed by atoms with Crippen molar-refractivity contribution in [3.05, 3.63) is 23.4 Å². The molecule has 0 unspecified atom stereocenters. The van der Waals surface area contributed by atoms with Crippen LogP contribution < -0.4 is 5.32 Å². The van der Waals surface area contributed by atoms with Gasteiger partial charge in [0.2, 0.25) is 5.91 Å². The van der Waals surface area contributed by atoms with Gasteiger partial charge in [0.15, 0.2) is 0 Å². The maximum Gasteiger partial charge on any atom is 0.225 e. The van der Waals surface area contributed by atoms with E-state index in [-0.39, 0.29) is 5.91 Å². The molecule has 1 heterocycles. The molecule has 0 radical (unpaired) electrons. The van der Waals surface area contributed by atoms with Crippen molar-refractivity contribution in [2.45, 2.75) is 34.1 Å². The van der Waals surface area contributed by atoms with Crippen molar-refractivity contribution in [2.24, 2.45) is 5.92 Å². The zero-order chi connectivity index (χ0) is 11.4. The highest BCUT2D eigenvalue weighted by atomic mass is 16.1. The third-order valence-electron chi connectivity index (χ3n) is 1.96. The quantitative estimate of drug-likeness (QED) is 0.826. The monoisotopic (exact) mass is 206 g/mol. The van der Waals surface area contributed by atoms with Crippen LogP contribution in [0.4, 0.5) is 5.82 Å². The molecule has 0 saturated carbocycles. The number of anilines is 1. The Labute approximate surface area is 90.9 Å². The third kappa shape index (κ3) is 4.11. The van der Waals surface area contributed by atoms with Crippen LogP contribution in [0.1, 0.15) is 31.5 Å². The second-order valence-corrected chi connectivity index (χ2v) is 4.32. The highest BCUT2D eigenvalue weighted by molar-refractivity contribution is 5.89. The van der Waals surface area contributed by atoms with Gasteiger partial charge in [-0.1, -0.05) is 13.8 Å².